The van der Waals surface area contributed by atoms with Gasteiger partial charge in [0.1, 0.15) is 0 Å². The average molecular weight is 439 g/mol. The molecule has 0 spiro atoms. The first-order valence-corrected chi connectivity index (χ1v) is 8.46. The summed E-state index contributed by atoms with van der Waals surface area (Å²) in [5.41, 5.74) is 0.814. The van der Waals surface area contributed by atoms with Crippen LogP contribution in [0.1, 0.15) is 12.0 Å². The standard InChI is InChI=1S/C11H12Br2F3NO2S/c1-7-5-9(13)10(6-8(7)12)20(18,19)17(2)4-3-11(14,15)16/h5-6H,3-4H2,1-2H3. The number of alkyl halides is 3. The van der Waals surface area contributed by atoms with Gasteiger partial charge in [-0.15, -0.1) is 0 Å². The lowest BCUT2D eigenvalue weighted by Gasteiger charge is -2.19. The minimum absolute atomic E-state index is 0.0698. The lowest BCUT2D eigenvalue weighted by Crippen LogP contribution is -2.31. The Labute approximate surface area is 132 Å². The van der Waals surface area contributed by atoms with Crippen molar-refractivity contribution in [3.8, 4) is 0 Å². The number of nitrogens with zero attached hydrogens (tertiary/aromatic N) is 1. The van der Waals surface area contributed by atoms with Crippen LogP contribution >= 0.6 is 31.9 Å². The SMILES string of the molecule is Cc1cc(Br)c(S(=O)(=O)N(C)CCC(F)(F)F)cc1Br. The highest BCUT2D eigenvalue weighted by molar-refractivity contribution is 9.11. The summed E-state index contributed by atoms with van der Waals surface area (Å²) in [5, 5.41) is 0. The molecule has 1 aromatic rings. The maximum Gasteiger partial charge on any atom is 0.390 e. The van der Waals surface area contributed by atoms with Crippen LogP contribution in [0.3, 0.4) is 0 Å². The van der Waals surface area contributed by atoms with Crippen molar-refractivity contribution in [3.63, 3.8) is 0 Å². The number of halogens is 5. The molecule has 1 aromatic carbocycles. The molecule has 9 heteroatoms. The van der Waals surface area contributed by atoms with Crippen molar-refractivity contribution >= 4 is 41.9 Å². The predicted octanol–water partition coefficient (Wildman–Crippen LogP) is 4.09. The van der Waals surface area contributed by atoms with Crippen LogP contribution in [0.5, 0.6) is 0 Å². The van der Waals surface area contributed by atoms with Gasteiger partial charge in [0.2, 0.25) is 10.0 Å². The minimum atomic E-state index is -4.39. The van der Waals surface area contributed by atoms with E-state index in [1.807, 2.05) is 0 Å². The van der Waals surface area contributed by atoms with Gasteiger partial charge in [0.15, 0.2) is 0 Å². The second-order valence-corrected chi connectivity index (χ2v) is 7.95. The van der Waals surface area contributed by atoms with Crippen molar-refractivity contribution in [2.75, 3.05) is 13.6 Å². The molecule has 20 heavy (non-hydrogen) atoms. The molecular weight excluding hydrogens is 427 g/mol. The first kappa shape index (κ1) is 17.9. The molecular formula is C11H12Br2F3NO2S. The first-order valence-electron chi connectivity index (χ1n) is 5.44. The molecule has 114 valence electrons. The van der Waals surface area contributed by atoms with E-state index in [0.717, 1.165) is 12.6 Å². The smallest absolute Gasteiger partial charge is 0.207 e. The summed E-state index contributed by atoms with van der Waals surface area (Å²) in [6, 6.07) is 2.97. The fourth-order valence-corrected chi connectivity index (χ4v) is 4.20. The van der Waals surface area contributed by atoms with Crippen molar-refractivity contribution in [2.24, 2.45) is 0 Å². The summed E-state index contributed by atoms with van der Waals surface area (Å²) >= 11 is 6.34. The van der Waals surface area contributed by atoms with Crippen LogP contribution in [0.4, 0.5) is 13.2 Å². The zero-order valence-electron chi connectivity index (χ0n) is 10.6. The second-order valence-electron chi connectivity index (χ2n) is 4.22. The average Bonchev–Trinajstić information content (AvgIpc) is 2.29. The molecule has 1 rings (SSSR count). The Bertz CT molecular complexity index is 602. The molecule has 0 radical (unpaired) electrons. The highest BCUT2D eigenvalue weighted by atomic mass is 79.9. The van der Waals surface area contributed by atoms with Gasteiger partial charge in [-0.2, -0.15) is 13.2 Å². The number of sulfonamides is 1. The minimum Gasteiger partial charge on any atom is -0.207 e. The summed E-state index contributed by atoms with van der Waals surface area (Å²) in [4.78, 5) is -0.0698. The van der Waals surface area contributed by atoms with Crippen molar-refractivity contribution in [1.82, 2.24) is 4.31 Å². The molecule has 0 atom stereocenters. The van der Waals surface area contributed by atoms with Gasteiger partial charge in [-0.3, -0.25) is 0 Å². The van der Waals surface area contributed by atoms with E-state index in [1.54, 1.807) is 13.0 Å². The molecule has 0 heterocycles. The Morgan fingerprint density at radius 3 is 2.25 bits per heavy atom. The van der Waals surface area contributed by atoms with Gasteiger partial charge in [0, 0.05) is 22.5 Å². The molecule has 0 saturated carbocycles. The highest BCUT2D eigenvalue weighted by Crippen LogP contribution is 2.31. The van der Waals surface area contributed by atoms with Gasteiger partial charge in [-0.05, 0) is 40.5 Å². The van der Waals surface area contributed by atoms with Gasteiger partial charge in [0.05, 0.1) is 11.3 Å². The lowest BCUT2D eigenvalue weighted by atomic mass is 10.2. The van der Waals surface area contributed by atoms with Crippen LogP contribution in [-0.2, 0) is 10.0 Å². The van der Waals surface area contributed by atoms with E-state index in [-0.39, 0.29) is 4.90 Å². The summed E-state index contributed by atoms with van der Waals surface area (Å²) < 4.78 is 62.6. The molecule has 0 fully saturated rings. The third-order valence-corrected chi connectivity index (χ3v) is 6.28. The molecule has 0 aliphatic rings. The number of hydrogen-bond acceptors (Lipinski definition) is 2. The van der Waals surface area contributed by atoms with Crippen molar-refractivity contribution < 1.29 is 21.6 Å². The molecule has 0 bridgehead atoms. The van der Waals surface area contributed by atoms with E-state index < -0.39 is 29.2 Å². The Kier molecular flexibility index (Phi) is 5.67. The molecule has 0 saturated heterocycles. The normalized spacial score (nSPS) is 13.0. The molecule has 3 nitrogen and oxygen atoms in total. The summed E-state index contributed by atoms with van der Waals surface area (Å²) in [5.74, 6) is 0. The number of rotatable bonds is 4. The Morgan fingerprint density at radius 1 is 1.20 bits per heavy atom. The van der Waals surface area contributed by atoms with Crippen LogP contribution in [0.25, 0.3) is 0 Å². The van der Waals surface area contributed by atoms with Crippen LogP contribution in [0.2, 0.25) is 0 Å². The maximum atomic E-state index is 12.2. The van der Waals surface area contributed by atoms with Gasteiger partial charge in [-0.1, -0.05) is 15.9 Å². The van der Waals surface area contributed by atoms with E-state index in [0.29, 0.717) is 13.3 Å². The largest absolute Gasteiger partial charge is 0.390 e. The summed E-state index contributed by atoms with van der Waals surface area (Å²) in [7, 11) is -2.85. The maximum absolute atomic E-state index is 12.2. The zero-order chi connectivity index (χ0) is 15.7. The molecule has 0 aromatic heterocycles. The van der Waals surface area contributed by atoms with Crippen LogP contribution in [-0.4, -0.2) is 32.5 Å². The van der Waals surface area contributed by atoms with Gasteiger partial charge < -0.3 is 0 Å². The molecule has 0 aliphatic heterocycles. The summed E-state index contributed by atoms with van der Waals surface area (Å²) in [6.45, 7) is 1.16. The fourth-order valence-electron chi connectivity index (χ4n) is 1.40. The highest BCUT2D eigenvalue weighted by Gasteiger charge is 2.31. The monoisotopic (exact) mass is 437 g/mol. The number of aryl methyl sites for hydroxylation is 1. The van der Waals surface area contributed by atoms with Crippen LogP contribution in [0.15, 0.2) is 26.0 Å². The molecule has 0 unspecified atom stereocenters. The van der Waals surface area contributed by atoms with E-state index in [9.17, 15) is 21.6 Å². The second kappa shape index (κ2) is 6.33. The quantitative estimate of drug-likeness (QED) is 0.709. The van der Waals surface area contributed by atoms with Gasteiger partial charge in [-0.25, -0.2) is 12.7 Å². The van der Waals surface area contributed by atoms with E-state index in [4.69, 9.17) is 0 Å². The van der Waals surface area contributed by atoms with E-state index >= 15 is 0 Å². The fraction of sp³-hybridized carbons (Fsp3) is 0.455. The Balaban J connectivity index is 3.08. The first-order chi connectivity index (χ1) is 8.95. The Morgan fingerprint density at radius 2 is 1.75 bits per heavy atom. The van der Waals surface area contributed by atoms with Crippen LogP contribution in [0, 0.1) is 6.92 Å². The number of benzene rings is 1. The molecule has 0 N–H and O–H groups in total. The third-order valence-electron chi connectivity index (χ3n) is 2.61. The van der Waals surface area contributed by atoms with E-state index in [2.05, 4.69) is 31.9 Å². The van der Waals surface area contributed by atoms with E-state index in [1.165, 1.54) is 6.07 Å². The topological polar surface area (TPSA) is 37.4 Å². The molecule has 0 aliphatic carbocycles. The third kappa shape index (κ3) is 4.44. The van der Waals surface area contributed by atoms with Crippen molar-refractivity contribution in [1.29, 1.82) is 0 Å². The zero-order valence-corrected chi connectivity index (χ0v) is 14.6. The lowest BCUT2D eigenvalue weighted by molar-refractivity contribution is -0.135. The van der Waals surface area contributed by atoms with Crippen molar-refractivity contribution in [2.45, 2.75) is 24.4 Å². The van der Waals surface area contributed by atoms with Gasteiger partial charge >= 0.3 is 6.18 Å². The van der Waals surface area contributed by atoms with Gasteiger partial charge in [0.25, 0.3) is 0 Å². The van der Waals surface area contributed by atoms with Crippen LogP contribution < -0.4 is 0 Å². The number of hydrogen-bond donors (Lipinski definition) is 0. The predicted molar refractivity (Wildman–Crippen MR) is 77.1 cm³/mol. The summed E-state index contributed by atoms with van der Waals surface area (Å²) in [6.07, 6.45) is -5.58. The molecule has 0 amide bonds. The Hall–Kier alpha value is -0.120. The van der Waals surface area contributed by atoms with Crippen molar-refractivity contribution in [3.05, 3.63) is 26.6 Å².